The Balaban J connectivity index is 2.18. The van der Waals surface area contributed by atoms with Crippen LogP contribution < -0.4 is 0 Å². The van der Waals surface area contributed by atoms with Crippen molar-refractivity contribution in [3.8, 4) is 0 Å². The van der Waals surface area contributed by atoms with E-state index in [0.717, 1.165) is 0 Å². The Kier molecular flexibility index (Phi) is 10.8. The zero-order valence-electron chi connectivity index (χ0n) is 21.5. The van der Waals surface area contributed by atoms with Crippen LogP contribution in [-0.4, -0.2) is 114 Å². The van der Waals surface area contributed by atoms with Gasteiger partial charge in [-0.25, -0.2) is 9.59 Å². The molecule has 0 N–H and O–H groups in total. The Labute approximate surface area is 231 Å². The first-order valence-corrected chi connectivity index (χ1v) is 14.3. The van der Waals surface area contributed by atoms with Crippen molar-refractivity contribution in [2.24, 2.45) is 0 Å². The first kappa shape index (κ1) is 30.6. The Morgan fingerprint density at radius 1 is 0.750 bits per heavy atom. The number of hydrogen-bond acceptors (Lipinski definition) is 10. The number of rotatable bonds is 7. The van der Waals surface area contributed by atoms with Crippen LogP contribution in [0.15, 0.2) is 0 Å². The number of carbonyl (C=O) groups excluding carboxylic acids is 4. The zero-order valence-corrected chi connectivity index (χ0v) is 24.8. The van der Waals surface area contributed by atoms with Gasteiger partial charge < -0.3 is 9.47 Å². The topological polar surface area (TPSA) is 99.7 Å². The van der Waals surface area contributed by atoms with Crippen molar-refractivity contribution < 1.29 is 28.7 Å². The standard InChI is InChI=1S/C22H34N4O6S4/c1-21(2,3)31-17(29)23(13-15(27)25-9-11-35-19(25)33)7-8-24(18(30)32-22(4,5)6)14-16(28)26-10-12-36-20(26)34/h7-14H2,1-6H3. The average Bonchev–Trinajstić information content (AvgIpc) is 3.34. The van der Waals surface area contributed by atoms with Crippen LogP contribution in [-0.2, 0) is 19.1 Å². The lowest BCUT2D eigenvalue weighted by atomic mass is 10.2. The summed E-state index contributed by atoms with van der Waals surface area (Å²) in [6.45, 7) is 10.6. The highest BCUT2D eigenvalue weighted by atomic mass is 32.2. The van der Waals surface area contributed by atoms with Crippen molar-refractivity contribution in [1.82, 2.24) is 19.6 Å². The van der Waals surface area contributed by atoms with Gasteiger partial charge in [0.2, 0.25) is 11.8 Å². The molecule has 0 bridgehead atoms. The average molecular weight is 579 g/mol. The molecule has 2 rings (SSSR count). The summed E-state index contributed by atoms with van der Waals surface area (Å²) in [5.41, 5.74) is -1.58. The van der Waals surface area contributed by atoms with Crippen molar-refractivity contribution in [2.75, 3.05) is 50.8 Å². The maximum Gasteiger partial charge on any atom is 0.410 e. The van der Waals surface area contributed by atoms with Crippen molar-refractivity contribution in [3.63, 3.8) is 0 Å². The summed E-state index contributed by atoms with van der Waals surface area (Å²) in [7, 11) is 0. The number of thiocarbonyl (C=S) groups is 2. The smallest absolute Gasteiger partial charge is 0.410 e. The SMILES string of the molecule is CC(C)(C)OC(=O)N(CCN(CC(=O)N1CCSC1=S)C(=O)OC(C)(C)C)CC(=O)N1CCSC1=S. The largest absolute Gasteiger partial charge is 0.444 e. The molecule has 2 aliphatic heterocycles. The second-order valence-corrected chi connectivity index (χ2v) is 13.6. The Hall–Kier alpha value is -1.64. The summed E-state index contributed by atoms with van der Waals surface area (Å²) in [5.74, 6) is 0.718. The third-order valence-corrected chi connectivity index (χ3v) is 7.58. The molecule has 0 atom stereocenters. The minimum absolute atomic E-state index is 0.0554. The monoisotopic (exact) mass is 578 g/mol. The van der Waals surface area contributed by atoms with E-state index in [0.29, 0.717) is 33.2 Å². The molecule has 0 unspecified atom stereocenters. The van der Waals surface area contributed by atoms with E-state index in [4.69, 9.17) is 33.9 Å². The van der Waals surface area contributed by atoms with Crippen LogP contribution in [0.25, 0.3) is 0 Å². The van der Waals surface area contributed by atoms with Gasteiger partial charge in [-0.1, -0.05) is 48.0 Å². The molecule has 10 nitrogen and oxygen atoms in total. The minimum atomic E-state index is -0.791. The molecule has 0 saturated carbocycles. The van der Waals surface area contributed by atoms with Crippen LogP contribution in [0.2, 0.25) is 0 Å². The second kappa shape index (κ2) is 12.7. The van der Waals surface area contributed by atoms with Crippen LogP contribution in [0, 0.1) is 0 Å². The third kappa shape index (κ3) is 9.67. The van der Waals surface area contributed by atoms with E-state index in [2.05, 4.69) is 0 Å². The van der Waals surface area contributed by atoms with Crippen LogP contribution in [0.4, 0.5) is 9.59 Å². The second-order valence-electron chi connectivity index (χ2n) is 10.1. The third-order valence-electron chi connectivity index (χ3n) is 4.72. The molecular formula is C22H34N4O6S4. The predicted molar refractivity (Wildman–Crippen MR) is 149 cm³/mol. The van der Waals surface area contributed by atoms with Gasteiger partial charge in [0.05, 0.1) is 0 Å². The van der Waals surface area contributed by atoms with E-state index in [1.807, 2.05) is 0 Å². The number of nitrogens with zero attached hydrogens (tertiary/aromatic N) is 4. The number of ether oxygens (including phenoxy) is 2. The van der Waals surface area contributed by atoms with Gasteiger partial charge in [0.15, 0.2) is 0 Å². The van der Waals surface area contributed by atoms with Gasteiger partial charge in [-0.05, 0) is 41.5 Å². The van der Waals surface area contributed by atoms with Crippen LogP contribution in [0.5, 0.6) is 0 Å². The van der Waals surface area contributed by atoms with Gasteiger partial charge in [0.1, 0.15) is 32.9 Å². The van der Waals surface area contributed by atoms with Gasteiger partial charge in [-0.2, -0.15) is 0 Å². The maximum absolute atomic E-state index is 12.9. The fourth-order valence-corrected chi connectivity index (χ4v) is 5.58. The maximum atomic E-state index is 12.9. The molecule has 14 heteroatoms. The molecule has 4 amide bonds. The molecule has 0 aromatic rings. The molecule has 36 heavy (non-hydrogen) atoms. The van der Waals surface area contributed by atoms with E-state index in [-0.39, 0.29) is 38.0 Å². The lowest BCUT2D eigenvalue weighted by molar-refractivity contribution is -0.129. The molecular weight excluding hydrogens is 545 g/mol. The molecule has 0 spiro atoms. The summed E-state index contributed by atoms with van der Waals surface area (Å²) < 4.78 is 11.9. The summed E-state index contributed by atoms with van der Waals surface area (Å²) in [6, 6.07) is 0. The van der Waals surface area contributed by atoms with Crippen molar-refractivity contribution >= 4 is 80.6 Å². The molecule has 2 fully saturated rings. The number of carbonyl (C=O) groups is 4. The summed E-state index contributed by atoms with van der Waals surface area (Å²) in [4.78, 5) is 57.0. The Morgan fingerprint density at radius 2 is 1.08 bits per heavy atom. The van der Waals surface area contributed by atoms with Gasteiger partial charge in [0.25, 0.3) is 0 Å². The molecule has 2 saturated heterocycles. The molecule has 0 radical (unpaired) electrons. The fourth-order valence-electron chi connectivity index (χ4n) is 3.10. The lowest BCUT2D eigenvalue weighted by Crippen LogP contribution is -2.50. The molecule has 2 heterocycles. The van der Waals surface area contributed by atoms with Crippen LogP contribution >= 0.6 is 48.0 Å². The molecule has 0 aromatic heterocycles. The van der Waals surface area contributed by atoms with Gasteiger partial charge in [0, 0.05) is 37.7 Å². The van der Waals surface area contributed by atoms with Gasteiger partial charge in [-0.3, -0.25) is 29.2 Å². The van der Waals surface area contributed by atoms with Crippen molar-refractivity contribution in [2.45, 2.75) is 52.7 Å². The Bertz CT molecular complexity index is 830. The minimum Gasteiger partial charge on any atom is -0.444 e. The van der Waals surface area contributed by atoms with E-state index in [1.165, 1.54) is 43.1 Å². The number of hydrogen-bond donors (Lipinski definition) is 0. The quantitative estimate of drug-likeness (QED) is 0.419. The first-order valence-electron chi connectivity index (χ1n) is 11.5. The summed E-state index contributed by atoms with van der Waals surface area (Å²) >= 11 is 13.3. The summed E-state index contributed by atoms with van der Waals surface area (Å²) in [6.07, 6.45) is -1.41. The molecule has 202 valence electrons. The van der Waals surface area contributed by atoms with Gasteiger partial charge in [-0.15, -0.1) is 0 Å². The van der Waals surface area contributed by atoms with Crippen molar-refractivity contribution in [1.29, 1.82) is 0 Å². The van der Waals surface area contributed by atoms with Crippen LogP contribution in [0.1, 0.15) is 41.5 Å². The van der Waals surface area contributed by atoms with Crippen molar-refractivity contribution in [3.05, 3.63) is 0 Å². The fraction of sp³-hybridized carbons (Fsp3) is 0.727. The highest BCUT2D eigenvalue weighted by Gasteiger charge is 2.33. The lowest BCUT2D eigenvalue weighted by Gasteiger charge is -2.32. The predicted octanol–water partition coefficient (Wildman–Crippen LogP) is 3.18. The van der Waals surface area contributed by atoms with Gasteiger partial charge >= 0.3 is 12.2 Å². The highest BCUT2D eigenvalue weighted by Crippen LogP contribution is 2.20. The van der Waals surface area contributed by atoms with E-state index in [1.54, 1.807) is 41.5 Å². The number of thioether (sulfide) groups is 2. The zero-order chi connectivity index (χ0) is 27.3. The van der Waals surface area contributed by atoms with E-state index in [9.17, 15) is 19.2 Å². The first-order chi connectivity index (χ1) is 16.6. The Morgan fingerprint density at radius 3 is 1.33 bits per heavy atom. The normalized spacial score (nSPS) is 16.3. The molecule has 0 aliphatic carbocycles. The highest BCUT2D eigenvalue weighted by molar-refractivity contribution is 8.23. The van der Waals surface area contributed by atoms with E-state index < -0.39 is 23.4 Å². The summed E-state index contributed by atoms with van der Waals surface area (Å²) in [5, 5.41) is 0. The van der Waals surface area contributed by atoms with E-state index >= 15 is 0 Å². The molecule has 0 aromatic carbocycles. The van der Waals surface area contributed by atoms with Crippen LogP contribution in [0.3, 0.4) is 0 Å². The number of amides is 4. The molecule has 2 aliphatic rings.